The predicted molar refractivity (Wildman–Crippen MR) is 159 cm³/mol. The van der Waals surface area contributed by atoms with E-state index in [1.54, 1.807) is 37.4 Å². The SMILES string of the molecule is CCCCCCN(C(=O)C(CCSC)NC(=O)OC(C)(C)C)C(C(=O)NCCCC)c1cccc(C)c1C. The van der Waals surface area contributed by atoms with E-state index in [1.165, 1.54) is 0 Å². The molecule has 2 N–H and O–H groups in total. The summed E-state index contributed by atoms with van der Waals surface area (Å²) in [5.41, 5.74) is 2.20. The summed E-state index contributed by atoms with van der Waals surface area (Å²) in [6, 6.07) is 4.33. The average molecular weight is 550 g/mol. The van der Waals surface area contributed by atoms with Crippen LogP contribution in [0, 0.1) is 13.8 Å². The van der Waals surface area contributed by atoms with E-state index in [4.69, 9.17) is 4.74 Å². The summed E-state index contributed by atoms with van der Waals surface area (Å²) in [5.74, 6) is 0.252. The third-order valence-electron chi connectivity index (χ3n) is 6.47. The normalized spacial score (nSPS) is 12.9. The highest BCUT2D eigenvalue weighted by Gasteiger charge is 2.36. The second-order valence-corrected chi connectivity index (χ2v) is 11.9. The van der Waals surface area contributed by atoms with Crippen molar-refractivity contribution in [3.8, 4) is 0 Å². The Bertz CT molecular complexity index is 885. The summed E-state index contributed by atoms with van der Waals surface area (Å²) < 4.78 is 5.48. The van der Waals surface area contributed by atoms with Crippen LogP contribution in [0.1, 0.15) is 102 Å². The molecule has 216 valence electrons. The third kappa shape index (κ3) is 11.7. The van der Waals surface area contributed by atoms with Gasteiger partial charge in [0.25, 0.3) is 0 Å². The number of alkyl carbamates (subject to hydrolysis) is 1. The van der Waals surface area contributed by atoms with Crippen LogP contribution >= 0.6 is 11.8 Å². The lowest BCUT2D eigenvalue weighted by Gasteiger charge is -2.35. The van der Waals surface area contributed by atoms with Gasteiger partial charge in [0, 0.05) is 13.1 Å². The molecule has 1 rings (SSSR count). The Morgan fingerprint density at radius 3 is 2.32 bits per heavy atom. The Morgan fingerprint density at radius 2 is 1.71 bits per heavy atom. The first kappa shape index (κ1) is 33.8. The molecule has 0 fully saturated rings. The number of amides is 3. The molecule has 2 unspecified atom stereocenters. The number of unbranched alkanes of at least 4 members (excludes halogenated alkanes) is 4. The van der Waals surface area contributed by atoms with Crippen molar-refractivity contribution in [3.05, 3.63) is 34.9 Å². The molecule has 0 saturated carbocycles. The number of hydrogen-bond donors (Lipinski definition) is 2. The molecule has 0 heterocycles. The Balaban J connectivity index is 3.50. The van der Waals surface area contributed by atoms with Crippen LogP contribution in [0.3, 0.4) is 0 Å². The van der Waals surface area contributed by atoms with Crippen molar-refractivity contribution < 1.29 is 19.1 Å². The van der Waals surface area contributed by atoms with Gasteiger partial charge in [-0.2, -0.15) is 11.8 Å². The van der Waals surface area contributed by atoms with Gasteiger partial charge in [0.1, 0.15) is 17.7 Å². The maximum atomic E-state index is 14.2. The van der Waals surface area contributed by atoms with E-state index in [9.17, 15) is 14.4 Å². The van der Waals surface area contributed by atoms with E-state index in [0.717, 1.165) is 55.2 Å². The summed E-state index contributed by atoms with van der Waals surface area (Å²) in [5, 5.41) is 5.89. The van der Waals surface area contributed by atoms with Crippen LogP contribution in [-0.2, 0) is 14.3 Å². The Morgan fingerprint density at radius 1 is 1.03 bits per heavy atom. The zero-order valence-corrected chi connectivity index (χ0v) is 25.8. The van der Waals surface area contributed by atoms with Gasteiger partial charge in [0.15, 0.2) is 0 Å². The van der Waals surface area contributed by atoms with E-state index in [0.29, 0.717) is 25.3 Å². The Hall–Kier alpha value is -2.22. The average Bonchev–Trinajstić information content (AvgIpc) is 2.84. The molecule has 0 aromatic heterocycles. The van der Waals surface area contributed by atoms with Gasteiger partial charge in [0.2, 0.25) is 11.8 Å². The standard InChI is InChI=1S/C30H51N3O4S/c1-9-11-13-14-20-33(28(35)25(18-21-38-8)32-29(36)37-30(5,6)7)26(27(34)31-19-12-10-2)24-17-15-16-22(3)23(24)4/h15-17,25-26H,9-14,18-21H2,1-8H3,(H,31,34)(H,32,36). The van der Waals surface area contributed by atoms with Crippen molar-refractivity contribution >= 4 is 29.7 Å². The minimum Gasteiger partial charge on any atom is -0.444 e. The molecule has 0 bridgehead atoms. The molecule has 0 aliphatic rings. The smallest absolute Gasteiger partial charge is 0.408 e. The monoisotopic (exact) mass is 549 g/mol. The molecule has 2 atom stereocenters. The summed E-state index contributed by atoms with van der Waals surface area (Å²) in [6.07, 6.45) is 7.50. The molecule has 1 aromatic carbocycles. The molecule has 1 aromatic rings. The lowest BCUT2D eigenvalue weighted by molar-refractivity contribution is -0.142. The molecule has 7 nitrogen and oxygen atoms in total. The fourth-order valence-electron chi connectivity index (χ4n) is 4.22. The number of carbonyl (C=O) groups is 3. The molecular weight excluding hydrogens is 498 g/mol. The van der Waals surface area contributed by atoms with E-state index in [2.05, 4.69) is 24.5 Å². The predicted octanol–water partition coefficient (Wildman–Crippen LogP) is 6.32. The van der Waals surface area contributed by atoms with Gasteiger partial charge in [-0.25, -0.2) is 4.79 Å². The third-order valence-corrected chi connectivity index (χ3v) is 7.11. The number of nitrogens with one attached hydrogen (secondary N) is 2. The van der Waals surface area contributed by atoms with Gasteiger partial charge >= 0.3 is 6.09 Å². The second kappa shape index (κ2) is 17.4. The van der Waals surface area contributed by atoms with Crippen LogP contribution in [0.2, 0.25) is 0 Å². The number of ether oxygens (including phenoxy) is 1. The van der Waals surface area contributed by atoms with Crippen molar-refractivity contribution in [2.75, 3.05) is 25.1 Å². The van der Waals surface area contributed by atoms with Gasteiger partial charge < -0.3 is 20.3 Å². The van der Waals surface area contributed by atoms with E-state index in [1.807, 2.05) is 38.3 Å². The fourth-order valence-corrected chi connectivity index (χ4v) is 4.70. The van der Waals surface area contributed by atoms with Gasteiger partial charge in [0.05, 0.1) is 0 Å². The summed E-state index contributed by atoms with van der Waals surface area (Å²) in [4.78, 5) is 42.4. The minimum absolute atomic E-state index is 0.183. The van der Waals surface area contributed by atoms with E-state index < -0.39 is 23.8 Å². The minimum atomic E-state index is -0.792. The van der Waals surface area contributed by atoms with Gasteiger partial charge in [-0.05, 0) is 82.6 Å². The second-order valence-electron chi connectivity index (χ2n) is 10.9. The highest BCUT2D eigenvalue weighted by molar-refractivity contribution is 7.98. The van der Waals surface area contributed by atoms with E-state index >= 15 is 0 Å². The molecule has 3 amide bonds. The number of rotatable bonds is 16. The number of nitrogens with zero attached hydrogens (tertiary/aromatic N) is 1. The van der Waals surface area contributed by atoms with Gasteiger partial charge in [-0.15, -0.1) is 0 Å². The first-order valence-corrected chi connectivity index (χ1v) is 15.5. The maximum absolute atomic E-state index is 14.2. The van der Waals surface area contributed by atoms with Crippen LogP contribution in [-0.4, -0.2) is 59.5 Å². The molecular formula is C30H51N3O4S. The molecule has 8 heteroatoms. The Kier molecular flexibility index (Phi) is 15.5. The first-order chi connectivity index (χ1) is 18.0. The van der Waals surface area contributed by atoms with Crippen LogP contribution < -0.4 is 10.6 Å². The van der Waals surface area contributed by atoms with Crippen LogP contribution in [0.15, 0.2) is 18.2 Å². The summed E-state index contributed by atoms with van der Waals surface area (Å²) in [7, 11) is 0. The maximum Gasteiger partial charge on any atom is 0.408 e. The number of aryl methyl sites for hydroxylation is 1. The van der Waals surface area contributed by atoms with Crippen LogP contribution in [0.4, 0.5) is 4.79 Å². The summed E-state index contributed by atoms with van der Waals surface area (Å²) in [6.45, 7) is 14.6. The zero-order valence-electron chi connectivity index (χ0n) is 24.9. The molecule has 0 saturated heterocycles. The lowest BCUT2D eigenvalue weighted by atomic mass is 9.94. The van der Waals surface area contributed by atoms with E-state index in [-0.39, 0.29) is 11.8 Å². The van der Waals surface area contributed by atoms with Gasteiger partial charge in [-0.3, -0.25) is 9.59 Å². The van der Waals surface area contributed by atoms with Crippen molar-refractivity contribution in [2.24, 2.45) is 0 Å². The van der Waals surface area contributed by atoms with Crippen molar-refractivity contribution in [3.63, 3.8) is 0 Å². The quantitative estimate of drug-likeness (QED) is 0.236. The molecule has 0 aliphatic carbocycles. The number of thioether (sulfide) groups is 1. The summed E-state index contributed by atoms with van der Waals surface area (Å²) >= 11 is 1.61. The topological polar surface area (TPSA) is 87.7 Å². The lowest BCUT2D eigenvalue weighted by Crippen LogP contribution is -2.53. The molecule has 0 aliphatic heterocycles. The fraction of sp³-hybridized carbons (Fsp3) is 0.700. The highest BCUT2D eigenvalue weighted by atomic mass is 32.2. The zero-order chi connectivity index (χ0) is 28.7. The molecule has 0 radical (unpaired) electrons. The molecule has 38 heavy (non-hydrogen) atoms. The Labute approximate surface area is 235 Å². The number of benzene rings is 1. The van der Waals surface area contributed by atoms with Gasteiger partial charge in [-0.1, -0.05) is 57.7 Å². The first-order valence-electron chi connectivity index (χ1n) is 14.1. The number of carbonyl (C=O) groups excluding carboxylic acids is 3. The van der Waals surface area contributed by atoms with Crippen molar-refractivity contribution in [2.45, 2.75) is 111 Å². The highest BCUT2D eigenvalue weighted by Crippen LogP contribution is 2.28. The van der Waals surface area contributed by atoms with Crippen LogP contribution in [0.25, 0.3) is 0 Å². The largest absolute Gasteiger partial charge is 0.444 e. The number of hydrogen-bond acceptors (Lipinski definition) is 5. The van der Waals surface area contributed by atoms with Crippen molar-refractivity contribution in [1.82, 2.24) is 15.5 Å². The van der Waals surface area contributed by atoms with Crippen LogP contribution in [0.5, 0.6) is 0 Å². The van der Waals surface area contributed by atoms with Crippen molar-refractivity contribution in [1.29, 1.82) is 0 Å². The molecule has 0 spiro atoms.